The van der Waals surface area contributed by atoms with E-state index >= 15 is 0 Å². The lowest BCUT2D eigenvalue weighted by molar-refractivity contribution is 0.593. The number of fused-ring (bicyclic) bond motifs is 1. The summed E-state index contributed by atoms with van der Waals surface area (Å²) in [6.07, 6.45) is 0. The fourth-order valence-electron chi connectivity index (χ4n) is 1.99. The highest BCUT2D eigenvalue weighted by molar-refractivity contribution is 5.80. The molecule has 0 amide bonds. The molecule has 96 valence electrons. The zero-order valence-corrected chi connectivity index (χ0v) is 10.5. The van der Waals surface area contributed by atoms with Gasteiger partial charge in [-0.25, -0.2) is 9.37 Å². The van der Waals surface area contributed by atoms with Gasteiger partial charge in [0.25, 0.3) is 0 Å². The van der Waals surface area contributed by atoms with Crippen molar-refractivity contribution >= 4 is 16.8 Å². The molecule has 0 atom stereocenters. The molecule has 3 aromatic rings. The number of benzene rings is 2. The molecule has 1 N–H and O–H groups in total. The van der Waals surface area contributed by atoms with E-state index in [1.165, 1.54) is 6.07 Å². The number of anilines is 1. The van der Waals surface area contributed by atoms with Gasteiger partial charge in [0.05, 0.1) is 5.56 Å². The van der Waals surface area contributed by atoms with Gasteiger partial charge >= 0.3 is 0 Å². The first-order chi connectivity index (χ1) is 9.28. The van der Waals surface area contributed by atoms with Gasteiger partial charge < -0.3 is 9.73 Å². The van der Waals surface area contributed by atoms with Crippen molar-refractivity contribution in [2.75, 3.05) is 11.9 Å². The van der Waals surface area contributed by atoms with Crippen molar-refractivity contribution in [3.05, 3.63) is 48.3 Å². The second-order valence-corrected chi connectivity index (χ2v) is 4.21. The Morgan fingerprint density at radius 1 is 1.21 bits per heavy atom. The van der Waals surface area contributed by atoms with Gasteiger partial charge in [0.1, 0.15) is 11.3 Å². The molecule has 2 aromatic carbocycles. The van der Waals surface area contributed by atoms with Crippen LogP contribution in [0.15, 0.2) is 46.9 Å². The average molecular weight is 256 g/mol. The van der Waals surface area contributed by atoms with E-state index in [0.29, 0.717) is 17.0 Å². The van der Waals surface area contributed by atoms with E-state index in [0.717, 1.165) is 17.7 Å². The summed E-state index contributed by atoms with van der Waals surface area (Å²) in [5.41, 5.74) is 2.73. The Balaban J connectivity index is 2.09. The first-order valence-corrected chi connectivity index (χ1v) is 6.17. The molecule has 0 saturated carbocycles. The summed E-state index contributed by atoms with van der Waals surface area (Å²) in [5.74, 6) is -0.0253. The lowest BCUT2D eigenvalue weighted by Crippen LogP contribution is -1.95. The van der Waals surface area contributed by atoms with E-state index in [2.05, 4.69) is 10.3 Å². The summed E-state index contributed by atoms with van der Waals surface area (Å²) in [7, 11) is 0. The van der Waals surface area contributed by atoms with Crippen molar-refractivity contribution in [3.8, 4) is 11.5 Å². The maximum Gasteiger partial charge on any atom is 0.230 e. The number of oxazole rings is 1. The summed E-state index contributed by atoms with van der Waals surface area (Å²) in [6, 6.07) is 12.1. The molecule has 0 fully saturated rings. The van der Waals surface area contributed by atoms with Gasteiger partial charge in [-0.1, -0.05) is 12.1 Å². The molecule has 0 aliphatic carbocycles. The molecule has 0 aliphatic rings. The summed E-state index contributed by atoms with van der Waals surface area (Å²) in [4.78, 5) is 4.34. The van der Waals surface area contributed by atoms with Gasteiger partial charge in [0.15, 0.2) is 5.58 Å². The van der Waals surface area contributed by atoms with Crippen LogP contribution in [0, 0.1) is 5.82 Å². The zero-order chi connectivity index (χ0) is 13.2. The molecule has 0 saturated heterocycles. The van der Waals surface area contributed by atoms with E-state index in [1.54, 1.807) is 18.2 Å². The van der Waals surface area contributed by atoms with Crippen molar-refractivity contribution in [2.45, 2.75) is 6.92 Å². The van der Waals surface area contributed by atoms with Gasteiger partial charge in [-0.2, -0.15) is 0 Å². The van der Waals surface area contributed by atoms with Crippen LogP contribution in [-0.4, -0.2) is 11.5 Å². The van der Waals surface area contributed by atoms with Crippen LogP contribution in [0.5, 0.6) is 0 Å². The third kappa shape index (κ3) is 2.17. The zero-order valence-electron chi connectivity index (χ0n) is 10.5. The number of rotatable bonds is 3. The normalized spacial score (nSPS) is 10.8. The minimum absolute atomic E-state index is 0.307. The molecule has 1 heterocycles. The van der Waals surface area contributed by atoms with Crippen molar-refractivity contribution in [1.29, 1.82) is 0 Å². The Bertz CT molecular complexity index is 721. The van der Waals surface area contributed by atoms with Gasteiger partial charge in [0, 0.05) is 12.2 Å². The maximum absolute atomic E-state index is 13.7. The first kappa shape index (κ1) is 11.7. The second-order valence-electron chi connectivity index (χ2n) is 4.21. The number of nitrogens with zero attached hydrogens (tertiary/aromatic N) is 1. The summed E-state index contributed by atoms with van der Waals surface area (Å²) < 4.78 is 19.3. The van der Waals surface area contributed by atoms with Gasteiger partial charge in [-0.15, -0.1) is 0 Å². The number of nitrogens with one attached hydrogen (secondary N) is 1. The topological polar surface area (TPSA) is 38.1 Å². The Labute approximate surface area is 110 Å². The predicted molar refractivity (Wildman–Crippen MR) is 73.6 cm³/mol. The van der Waals surface area contributed by atoms with Crippen LogP contribution in [0.1, 0.15) is 6.92 Å². The highest BCUT2D eigenvalue weighted by atomic mass is 19.1. The quantitative estimate of drug-likeness (QED) is 0.767. The van der Waals surface area contributed by atoms with Gasteiger partial charge in [-0.3, -0.25) is 0 Å². The molecule has 0 unspecified atom stereocenters. The Morgan fingerprint density at radius 2 is 2.05 bits per heavy atom. The Hall–Kier alpha value is -2.36. The fourth-order valence-corrected chi connectivity index (χ4v) is 1.99. The van der Waals surface area contributed by atoms with Crippen LogP contribution in [0.3, 0.4) is 0 Å². The Morgan fingerprint density at radius 3 is 2.84 bits per heavy atom. The van der Waals surface area contributed by atoms with Crippen LogP contribution in [-0.2, 0) is 0 Å². The molecule has 19 heavy (non-hydrogen) atoms. The van der Waals surface area contributed by atoms with Crippen LogP contribution in [0.4, 0.5) is 10.1 Å². The maximum atomic E-state index is 13.7. The number of halogens is 1. The first-order valence-electron chi connectivity index (χ1n) is 6.17. The highest BCUT2D eigenvalue weighted by Gasteiger charge is 2.12. The molecular formula is C15H13FN2O. The van der Waals surface area contributed by atoms with E-state index < -0.39 is 0 Å². The fraction of sp³-hybridized carbons (Fsp3) is 0.133. The number of hydrogen-bond acceptors (Lipinski definition) is 3. The summed E-state index contributed by atoms with van der Waals surface area (Å²) in [5, 5.41) is 3.20. The predicted octanol–water partition coefficient (Wildman–Crippen LogP) is 4.07. The standard InChI is InChI=1S/C15H13FN2O/c1-2-17-10-7-8-14-13(9-10)18-15(19-14)11-5-3-4-6-12(11)16/h3-9,17H,2H2,1H3. The highest BCUT2D eigenvalue weighted by Crippen LogP contribution is 2.27. The molecule has 1 aromatic heterocycles. The van der Waals surface area contributed by atoms with Gasteiger partial charge in [-0.05, 0) is 37.3 Å². The molecule has 0 bridgehead atoms. The molecule has 3 rings (SSSR count). The lowest BCUT2D eigenvalue weighted by Gasteiger charge is -2.00. The van der Waals surface area contributed by atoms with Crippen molar-refractivity contribution in [2.24, 2.45) is 0 Å². The van der Waals surface area contributed by atoms with E-state index in [1.807, 2.05) is 25.1 Å². The lowest BCUT2D eigenvalue weighted by atomic mass is 10.2. The Kier molecular flexibility index (Phi) is 2.91. The molecule has 3 nitrogen and oxygen atoms in total. The molecule has 0 radical (unpaired) electrons. The third-order valence-corrected chi connectivity index (χ3v) is 2.87. The SMILES string of the molecule is CCNc1ccc2oc(-c3ccccc3F)nc2c1. The number of aromatic nitrogens is 1. The molecular weight excluding hydrogens is 243 g/mol. The summed E-state index contributed by atoms with van der Waals surface area (Å²) in [6.45, 7) is 2.86. The molecule has 0 aliphatic heterocycles. The van der Waals surface area contributed by atoms with Crippen molar-refractivity contribution in [3.63, 3.8) is 0 Å². The second kappa shape index (κ2) is 4.72. The minimum Gasteiger partial charge on any atom is -0.436 e. The molecule has 0 spiro atoms. The van der Waals surface area contributed by atoms with Crippen LogP contribution in [0.25, 0.3) is 22.6 Å². The summed E-state index contributed by atoms with van der Waals surface area (Å²) >= 11 is 0. The number of hydrogen-bond donors (Lipinski definition) is 1. The van der Waals surface area contributed by atoms with Crippen molar-refractivity contribution < 1.29 is 8.81 Å². The van der Waals surface area contributed by atoms with E-state index in [4.69, 9.17) is 4.42 Å². The van der Waals surface area contributed by atoms with E-state index in [9.17, 15) is 4.39 Å². The smallest absolute Gasteiger partial charge is 0.230 e. The van der Waals surface area contributed by atoms with Crippen molar-refractivity contribution in [1.82, 2.24) is 4.98 Å². The third-order valence-electron chi connectivity index (χ3n) is 2.87. The monoisotopic (exact) mass is 256 g/mol. The van der Waals surface area contributed by atoms with Crippen LogP contribution >= 0.6 is 0 Å². The molecule has 4 heteroatoms. The van der Waals surface area contributed by atoms with Crippen LogP contribution in [0.2, 0.25) is 0 Å². The van der Waals surface area contributed by atoms with E-state index in [-0.39, 0.29) is 5.82 Å². The largest absolute Gasteiger partial charge is 0.436 e. The van der Waals surface area contributed by atoms with Crippen LogP contribution < -0.4 is 5.32 Å². The van der Waals surface area contributed by atoms with Gasteiger partial charge in [0.2, 0.25) is 5.89 Å². The average Bonchev–Trinajstić information content (AvgIpc) is 2.82. The minimum atomic E-state index is -0.332.